The van der Waals surface area contributed by atoms with Crippen molar-refractivity contribution in [3.05, 3.63) is 11.4 Å². The molecular weight excluding hydrogens is 272 g/mol. The van der Waals surface area contributed by atoms with E-state index in [-0.39, 0.29) is 6.10 Å². The van der Waals surface area contributed by atoms with Crippen molar-refractivity contribution in [1.82, 2.24) is 19.9 Å². The van der Waals surface area contributed by atoms with Gasteiger partial charge in [0.25, 0.3) is 0 Å². The maximum absolute atomic E-state index is 11.7. The summed E-state index contributed by atoms with van der Waals surface area (Å²) >= 11 is 0. The second-order valence-corrected chi connectivity index (χ2v) is 5.49. The smallest absolute Gasteiger partial charge is 0.360 e. The second kappa shape index (κ2) is 7.00. The number of hydrogen-bond donors (Lipinski definition) is 0. The highest BCUT2D eigenvalue weighted by Gasteiger charge is 2.25. The zero-order chi connectivity index (χ0) is 15.4. The minimum atomic E-state index is -0.438. The van der Waals surface area contributed by atoms with Gasteiger partial charge in [-0.05, 0) is 20.3 Å². The zero-order valence-corrected chi connectivity index (χ0v) is 13.2. The molecule has 0 spiro atoms. The highest BCUT2D eigenvalue weighted by Crippen LogP contribution is 2.13. The van der Waals surface area contributed by atoms with E-state index in [1.165, 1.54) is 7.11 Å². The normalized spacial score (nSPS) is 20.0. The molecule has 2 heterocycles. The van der Waals surface area contributed by atoms with Gasteiger partial charge < -0.3 is 9.47 Å². The number of ether oxygens (including phenoxy) is 2. The fourth-order valence-electron chi connectivity index (χ4n) is 2.60. The summed E-state index contributed by atoms with van der Waals surface area (Å²) < 4.78 is 12.3. The van der Waals surface area contributed by atoms with Gasteiger partial charge in [0.05, 0.1) is 32.1 Å². The predicted molar refractivity (Wildman–Crippen MR) is 77.2 cm³/mol. The number of morpholine rings is 1. The van der Waals surface area contributed by atoms with Crippen LogP contribution in [0.15, 0.2) is 0 Å². The third kappa shape index (κ3) is 3.59. The standard InChI is InChI=1S/C14H24N4O3/c1-5-12-13(14(19)20-4)15-16-18(12)9-11-8-17(10(2)3)6-7-21-11/h10-11H,5-9H2,1-4H3. The van der Waals surface area contributed by atoms with E-state index in [1.54, 1.807) is 4.68 Å². The average molecular weight is 296 g/mol. The van der Waals surface area contributed by atoms with E-state index in [1.807, 2.05) is 6.92 Å². The van der Waals surface area contributed by atoms with E-state index in [0.717, 1.165) is 25.4 Å². The molecule has 21 heavy (non-hydrogen) atoms. The maximum Gasteiger partial charge on any atom is 0.360 e. The minimum absolute atomic E-state index is 0.0682. The lowest BCUT2D eigenvalue weighted by Crippen LogP contribution is -2.47. The molecule has 1 fully saturated rings. The molecule has 1 aromatic rings. The van der Waals surface area contributed by atoms with Gasteiger partial charge in [0.15, 0.2) is 5.69 Å². The minimum Gasteiger partial charge on any atom is -0.464 e. The number of carbonyl (C=O) groups excluding carboxylic acids is 1. The van der Waals surface area contributed by atoms with Gasteiger partial charge in [0.2, 0.25) is 0 Å². The third-order valence-electron chi connectivity index (χ3n) is 3.83. The summed E-state index contributed by atoms with van der Waals surface area (Å²) in [6.07, 6.45) is 0.747. The highest BCUT2D eigenvalue weighted by molar-refractivity contribution is 5.88. The quantitative estimate of drug-likeness (QED) is 0.746. The molecule has 7 heteroatoms. The summed E-state index contributed by atoms with van der Waals surface area (Å²) in [4.78, 5) is 14.0. The summed E-state index contributed by atoms with van der Waals surface area (Å²) in [5.74, 6) is -0.438. The number of hydrogen-bond acceptors (Lipinski definition) is 6. The Morgan fingerprint density at radius 2 is 2.29 bits per heavy atom. The van der Waals surface area contributed by atoms with Crippen LogP contribution in [0.3, 0.4) is 0 Å². The molecule has 1 aromatic heterocycles. The Labute approximate surface area is 125 Å². The Morgan fingerprint density at radius 1 is 1.52 bits per heavy atom. The van der Waals surface area contributed by atoms with Gasteiger partial charge in [-0.1, -0.05) is 12.1 Å². The van der Waals surface area contributed by atoms with Crippen molar-refractivity contribution >= 4 is 5.97 Å². The van der Waals surface area contributed by atoms with Crippen LogP contribution in [-0.2, 0) is 22.4 Å². The molecule has 1 aliphatic heterocycles. The van der Waals surface area contributed by atoms with Crippen LogP contribution in [0.5, 0.6) is 0 Å². The molecule has 1 aliphatic rings. The van der Waals surface area contributed by atoms with E-state index in [4.69, 9.17) is 9.47 Å². The molecule has 0 aliphatic carbocycles. The van der Waals surface area contributed by atoms with Crippen molar-refractivity contribution in [3.8, 4) is 0 Å². The average Bonchev–Trinajstić information content (AvgIpc) is 2.89. The van der Waals surface area contributed by atoms with Gasteiger partial charge in [0.1, 0.15) is 0 Å². The van der Waals surface area contributed by atoms with Crippen molar-refractivity contribution in [2.75, 3.05) is 26.8 Å². The summed E-state index contributed by atoms with van der Waals surface area (Å²) in [6, 6.07) is 0.503. The van der Waals surface area contributed by atoms with E-state index in [0.29, 0.717) is 24.7 Å². The molecule has 0 bridgehead atoms. The largest absolute Gasteiger partial charge is 0.464 e. The second-order valence-electron chi connectivity index (χ2n) is 5.49. The molecule has 0 saturated carbocycles. The Balaban J connectivity index is 2.09. The lowest BCUT2D eigenvalue weighted by molar-refractivity contribution is -0.0474. The van der Waals surface area contributed by atoms with Crippen LogP contribution in [-0.4, -0.2) is 64.8 Å². The maximum atomic E-state index is 11.7. The molecule has 0 radical (unpaired) electrons. The summed E-state index contributed by atoms with van der Waals surface area (Å²) in [6.45, 7) is 9.51. The van der Waals surface area contributed by atoms with Gasteiger partial charge in [-0.3, -0.25) is 4.90 Å². The Morgan fingerprint density at radius 3 is 2.90 bits per heavy atom. The third-order valence-corrected chi connectivity index (χ3v) is 3.83. The van der Waals surface area contributed by atoms with Gasteiger partial charge >= 0.3 is 5.97 Å². The fraction of sp³-hybridized carbons (Fsp3) is 0.786. The van der Waals surface area contributed by atoms with Crippen LogP contribution in [0.4, 0.5) is 0 Å². The Kier molecular flexibility index (Phi) is 5.30. The lowest BCUT2D eigenvalue weighted by atomic mass is 10.2. The zero-order valence-electron chi connectivity index (χ0n) is 13.2. The van der Waals surface area contributed by atoms with Crippen molar-refractivity contribution in [1.29, 1.82) is 0 Å². The van der Waals surface area contributed by atoms with Gasteiger partial charge in [0, 0.05) is 19.1 Å². The number of carbonyl (C=O) groups is 1. The Hall–Kier alpha value is -1.47. The van der Waals surface area contributed by atoms with Crippen LogP contribution in [0.2, 0.25) is 0 Å². The first kappa shape index (κ1) is 15.9. The van der Waals surface area contributed by atoms with Crippen molar-refractivity contribution in [2.24, 2.45) is 0 Å². The molecule has 1 saturated heterocycles. The van der Waals surface area contributed by atoms with E-state index < -0.39 is 5.97 Å². The number of rotatable bonds is 5. The lowest BCUT2D eigenvalue weighted by Gasteiger charge is -2.35. The highest BCUT2D eigenvalue weighted by atomic mass is 16.5. The van der Waals surface area contributed by atoms with Crippen molar-refractivity contribution in [2.45, 2.75) is 45.9 Å². The molecule has 0 amide bonds. The van der Waals surface area contributed by atoms with Crippen LogP contribution in [0.25, 0.3) is 0 Å². The van der Waals surface area contributed by atoms with E-state index in [9.17, 15) is 4.79 Å². The first-order valence-corrected chi connectivity index (χ1v) is 7.43. The molecule has 0 aromatic carbocycles. The summed E-state index contributed by atoms with van der Waals surface area (Å²) in [5, 5.41) is 8.03. The van der Waals surface area contributed by atoms with Crippen LogP contribution < -0.4 is 0 Å². The number of aromatic nitrogens is 3. The number of esters is 1. The molecular formula is C14H24N4O3. The molecule has 1 atom stereocenters. The molecule has 0 N–H and O–H groups in total. The van der Waals surface area contributed by atoms with Crippen molar-refractivity contribution < 1.29 is 14.3 Å². The van der Waals surface area contributed by atoms with Crippen LogP contribution in [0.1, 0.15) is 37.0 Å². The van der Waals surface area contributed by atoms with Crippen molar-refractivity contribution in [3.63, 3.8) is 0 Å². The molecule has 7 nitrogen and oxygen atoms in total. The summed E-state index contributed by atoms with van der Waals surface area (Å²) in [7, 11) is 1.35. The van der Waals surface area contributed by atoms with Gasteiger partial charge in [-0.25, -0.2) is 9.48 Å². The SMILES string of the molecule is CCc1c(C(=O)OC)nnn1CC1CN(C(C)C)CCO1. The number of nitrogens with zero attached hydrogens (tertiary/aromatic N) is 4. The van der Waals surface area contributed by atoms with Crippen LogP contribution >= 0.6 is 0 Å². The Bertz CT molecular complexity index is 487. The van der Waals surface area contributed by atoms with E-state index in [2.05, 4.69) is 29.1 Å². The van der Waals surface area contributed by atoms with Crippen LogP contribution in [0, 0.1) is 0 Å². The first-order valence-electron chi connectivity index (χ1n) is 7.43. The predicted octanol–water partition coefficient (Wildman–Crippen LogP) is 0.736. The monoisotopic (exact) mass is 296 g/mol. The summed E-state index contributed by atoms with van der Waals surface area (Å²) in [5.41, 5.74) is 1.10. The topological polar surface area (TPSA) is 69.5 Å². The molecule has 1 unspecified atom stereocenters. The van der Waals surface area contributed by atoms with Gasteiger partial charge in [-0.15, -0.1) is 5.10 Å². The van der Waals surface area contributed by atoms with E-state index >= 15 is 0 Å². The fourth-order valence-corrected chi connectivity index (χ4v) is 2.60. The van der Waals surface area contributed by atoms with Gasteiger partial charge in [-0.2, -0.15) is 0 Å². The number of methoxy groups -OCH3 is 1. The first-order chi connectivity index (χ1) is 10.1. The molecule has 2 rings (SSSR count). The molecule has 118 valence electrons.